The van der Waals surface area contributed by atoms with Gasteiger partial charge in [-0.1, -0.05) is 32.9 Å². The van der Waals surface area contributed by atoms with Crippen LogP contribution in [0.1, 0.15) is 32.8 Å². The number of hydrogen-bond acceptors (Lipinski definition) is 4. The van der Waals surface area contributed by atoms with Crippen LogP contribution < -0.4 is 11.0 Å². The summed E-state index contributed by atoms with van der Waals surface area (Å²) in [5.74, 6) is 0. The van der Waals surface area contributed by atoms with Crippen LogP contribution in [0.4, 0.5) is 0 Å². The van der Waals surface area contributed by atoms with E-state index in [1.165, 1.54) is 17.3 Å². The number of aromatic nitrogens is 3. The Hall–Kier alpha value is -1.53. The van der Waals surface area contributed by atoms with Crippen molar-refractivity contribution in [3.05, 3.63) is 40.3 Å². The van der Waals surface area contributed by atoms with Crippen LogP contribution >= 0.6 is 11.8 Å². The van der Waals surface area contributed by atoms with Crippen molar-refractivity contribution in [2.24, 2.45) is 0 Å². The van der Waals surface area contributed by atoms with Gasteiger partial charge in [-0.2, -0.15) is 0 Å². The number of nitrogens with zero attached hydrogens (tertiary/aromatic N) is 2. The maximum absolute atomic E-state index is 11.6. The number of hydrogen-bond donors (Lipinski definition) is 2. The fraction of sp³-hybridized carbons (Fsp3) is 0.467. The van der Waals surface area contributed by atoms with Crippen molar-refractivity contribution in [1.29, 1.82) is 0 Å². The Bertz CT molecular complexity index is 615. The molecule has 21 heavy (non-hydrogen) atoms. The van der Waals surface area contributed by atoms with Crippen molar-refractivity contribution in [3.8, 4) is 0 Å². The van der Waals surface area contributed by atoms with Crippen LogP contribution in [0.15, 0.2) is 39.1 Å². The SMILES string of the molecule is CCCn1c(Sc2ccc(CNC(C)C)cc2)n[nH]c1=O. The molecule has 1 aromatic carbocycles. The summed E-state index contributed by atoms with van der Waals surface area (Å²) in [5.41, 5.74) is 1.11. The average Bonchev–Trinajstić information content (AvgIpc) is 2.80. The highest BCUT2D eigenvalue weighted by atomic mass is 32.2. The van der Waals surface area contributed by atoms with Gasteiger partial charge in [-0.3, -0.25) is 4.57 Å². The lowest BCUT2D eigenvalue weighted by Crippen LogP contribution is -2.21. The molecule has 1 heterocycles. The zero-order valence-corrected chi connectivity index (χ0v) is 13.5. The van der Waals surface area contributed by atoms with E-state index < -0.39 is 0 Å². The van der Waals surface area contributed by atoms with E-state index in [0.29, 0.717) is 12.6 Å². The topological polar surface area (TPSA) is 62.7 Å². The lowest BCUT2D eigenvalue weighted by atomic mass is 10.2. The molecule has 0 aliphatic rings. The first-order valence-electron chi connectivity index (χ1n) is 7.25. The Labute approximate surface area is 129 Å². The van der Waals surface area contributed by atoms with E-state index in [-0.39, 0.29) is 5.69 Å². The van der Waals surface area contributed by atoms with E-state index in [4.69, 9.17) is 0 Å². The molecule has 114 valence electrons. The summed E-state index contributed by atoms with van der Waals surface area (Å²) in [6, 6.07) is 8.82. The van der Waals surface area contributed by atoms with Crippen molar-refractivity contribution < 1.29 is 0 Å². The van der Waals surface area contributed by atoms with Crippen LogP contribution in [0, 0.1) is 0 Å². The van der Waals surface area contributed by atoms with Crippen LogP contribution in [0.3, 0.4) is 0 Å². The Morgan fingerprint density at radius 2 is 2.05 bits per heavy atom. The second-order valence-electron chi connectivity index (χ2n) is 5.24. The molecular formula is C15H22N4OS. The first-order valence-corrected chi connectivity index (χ1v) is 8.07. The largest absolute Gasteiger partial charge is 0.343 e. The zero-order chi connectivity index (χ0) is 15.2. The van der Waals surface area contributed by atoms with Crippen LogP contribution in [0.5, 0.6) is 0 Å². The lowest BCUT2D eigenvalue weighted by molar-refractivity contribution is 0.588. The van der Waals surface area contributed by atoms with Crippen molar-refractivity contribution in [2.75, 3.05) is 0 Å². The predicted molar refractivity (Wildman–Crippen MR) is 85.7 cm³/mol. The number of rotatable bonds is 7. The fourth-order valence-corrected chi connectivity index (χ4v) is 2.76. The van der Waals surface area contributed by atoms with Crippen LogP contribution in [0.2, 0.25) is 0 Å². The molecule has 0 aliphatic heterocycles. The van der Waals surface area contributed by atoms with E-state index >= 15 is 0 Å². The molecule has 0 aliphatic carbocycles. The zero-order valence-electron chi connectivity index (χ0n) is 12.7. The lowest BCUT2D eigenvalue weighted by Gasteiger charge is -2.08. The van der Waals surface area contributed by atoms with Gasteiger partial charge in [-0.05, 0) is 35.9 Å². The third kappa shape index (κ3) is 4.47. The monoisotopic (exact) mass is 306 g/mol. The number of nitrogens with one attached hydrogen (secondary N) is 2. The summed E-state index contributed by atoms with van der Waals surface area (Å²) >= 11 is 1.51. The normalized spacial score (nSPS) is 11.2. The minimum Gasteiger partial charge on any atom is -0.310 e. The molecule has 0 amide bonds. The molecule has 5 nitrogen and oxygen atoms in total. The Morgan fingerprint density at radius 3 is 2.67 bits per heavy atom. The van der Waals surface area contributed by atoms with Crippen molar-refractivity contribution >= 4 is 11.8 Å². The van der Waals surface area contributed by atoms with Gasteiger partial charge >= 0.3 is 5.69 Å². The molecule has 0 unspecified atom stereocenters. The quantitative estimate of drug-likeness (QED) is 0.825. The van der Waals surface area contributed by atoms with Gasteiger partial charge in [-0.25, -0.2) is 9.89 Å². The Balaban J connectivity index is 2.05. The Kier molecular flexibility index (Phi) is 5.64. The summed E-state index contributed by atoms with van der Waals surface area (Å²) in [7, 11) is 0. The van der Waals surface area contributed by atoms with Crippen molar-refractivity contribution in [1.82, 2.24) is 20.1 Å². The van der Waals surface area contributed by atoms with Gasteiger partial charge in [0.05, 0.1) is 0 Å². The predicted octanol–water partition coefficient (Wildman–Crippen LogP) is 2.63. The first-order chi connectivity index (χ1) is 10.1. The Morgan fingerprint density at radius 1 is 1.33 bits per heavy atom. The molecule has 0 saturated carbocycles. The van der Waals surface area contributed by atoms with E-state index in [0.717, 1.165) is 23.0 Å². The highest BCUT2D eigenvalue weighted by molar-refractivity contribution is 7.99. The third-order valence-corrected chi connectivity index (χ3v) is 4.02. The highest BCUT2D eigenvalue weighted by Crippen LogP contribution is 2.25. The molecule has 6 heteroatoms. The molecule has 1 aromatic heterocycles. The summed E-state index contributed by atoms with van der Waals surface area (Å²) in [4.78, 5) is 12.7. The summed E-state index contributed by atoms with van der Waals surface area (Å²) in [6.07, 6.45) is 0.910. The molecule has 0 spiro atoms. The molecule has 2 N–H and O–H groups in total. The van der Waals surface area contributed by atoms with Gasteiger partial charge in [0.1, 0.15) is 0 Å². The third-order valence-electron chi connectivity index (χ3n) is 3.02. The molecule has 0 fully saturated rings. The molecule has 0 radical (unpaired) electrons. The average molecular weight is 306 g/mol. The van der Waals surface area contributed by atoms with E-state index in [1.54, 1.807) is 4.57 Å². The van der Waals surface area contributed by atoms with Crippen LogP contribution in [-0.4, -0.2) is 20.8 Å². The number of aromatic amines is 1. The first kappa shape index (κ1) is 15.9. The van der Waals surface area contributed by atoms with Crippen molar-refractivity contribution in [2.45, 2.75) is 56.4 Å². The van der Waals surface area contributed by atoms with Crippen LogP contribution in [-0.2, 0) is 13.1 Å². The summed E-state index contributed by atoms with van der Waals surface area (Å²) < 4.78 is 1.68. The van der Waals surface area contributed by atoms with Gasteiger partial charge in [0.2, 0.25) is 0 Å². The second-order valence-corrected chi connectivity index (χ2v) is 6.29. The standard InChI is InChI=1S/C15H22N4OS/c1-4-9-19-14(20)17-18-15(19)21-13-7-5-12(6-8-13)10-16-11(2)3/h5-8,11,16H,4,9-10H2,1-3H3,(H,17,20). The molecule has 0 bridgehead atoms. The van der Waals surface area contributed by atoms with Gasteiger partial charge < -0.3 is 5.32 Å². The van der Waals surface area contributed by atoms with Gasteiger partial charge in [0, 0.05) is 24.0 Å². The minimum absolute atomic E-state index is 0.142. The number of H-pyrrole nitrogens is 1. The van der Waals surface area contributed by atoms with Crippen molar-refractivity contribution in [3.63, 3.8) is 0 Å². The molecule has 0 saturated heterocycles. The molecule has 2 rings (SSSR count). The van der Waals surface area contributed by atoms with Crippen LogP contribution in [0.25, 0.3) is 0 Å². The fourth-order valence-electron chi connectivity index (χ4n) is 1.90. The maximum atomic E-state index is 11.6. The van der Waals surface area contributed by atoms with E-state index in [9.17, 15) is 4.79 Å². The number of benzene rings is 1. The molecule has 0 atom stereocenters. The van der Waals surface area contributed by atoms with Gasteiger partial charge in [0.15, 0.2) is 5.16 Å². The van der Waals surface area contributed by atoms with Gasteiger partial charge in [-0.15, -0.1) is 5.10 Å². The van der Waals surface area contributed by atoms with E-state index in [2.05, 4.69) is 53.6 Å². The maximum Gasteiger partial charge on any atom is 0.343 e. The minimum atomic E-state index is -0.142. The summed E-state index contributed by atoms with van der Waals surface area (Å²) in [6.45, 7) is 7.87. The summed E-state index contributed by atoms with van der Waals surface area (Å²) in [5, 5.41) is 10.7. The van der Waals surface area contributed by atoms with Gasteiger partial charge in [0.25, 0.3) is 0 Å². The highest BCUT2D eigenvalue weighted by Gasteiger charge is 2.09. The second kappa shape index (κ2) is 7.47. The smallest absolute Gasteiger partial charge is 0.310 e. The molecule has 2 aromatic rings. The van der Waals surface area contributed by atoms with E-state index in [1.807, 2.05) is 6.92 Å². The molecular weight excluding hydrogens is 284 g/mol.